The van der Waals surface area contributed by atoms with E-state index in [1.54, 1.807) is 11.3 Å². The molecular weight excluding hydrogens is 230 g/mol. The van der Waals surface area contributed by atoms with Crippen LogP contribution in [0.5, 0.6) is 5.75 Å². The molecule has 0 spiro atoms. The summed E-state index contributed by atoms with van der Waals surface area (Å²) in [6, 6.07) is 10.3. The van der Waals surface area contributed by atoms with Gasteiger partial charge >= 0.3 is 0 Å². The van der Waals surface area contributed by atoms with Gasteiger partial charge in [-0.25, -0.2) is 0 Å². The first-order valence-corrected chi connectivity index (χ1v) is 6.76. The number of benzene rings is 1. The van der Waals surface area contributed by atoms with Gasteiger partial charge in [0, 0.05) is 6.54 Å². The maximum Gasteiger partial charge on any atom is 0.120 e. The van der Waals surface area contributed by atoms with Crippen LogP contribution in [0.25, 0.3) is 0 Å². The minimum Gasteiger partial charge on any atom is -0.489 e. The van der Waals surface area contributed by atoms with Crippen molar-refractivity contribution in [2.45, 2.75) is 20.1 Å². The lowest BCUT2D eigenvalue weighted by atomic mass is 10.2. The predicted molar refractivity (Wildman–Crippen MR) is 72.5 cm³/mol. The highest BCUT2D eigenvalue weighted by Crippen LogP contribution is 2.16. The van der Waals surface area contributed by atoms with Crippen LogP contribution in [0.4, 0.5) is 0 Å². The fourth-order valence-corrected chi connectivity index (χ4v) is 2.21. The van der Waals surface area contributed by atoms with Gasteiger partial charge in [-0.2, -0.15) is 11.3 Å². The predicted octanol–water partition coefficient (Wildman–Crippen LogP) is 3.44. The van der Waals surface area contributed by atoms with Crippen LogP contribution in [-0.2, 0) is 13.2 Å². The summed E-state index contributed by atoms with van der Waals surface area (Å²) in [5, 5.41) is 7.49. The van der Waals surface area contributed by atoms with Crippen molar-refractivity contribution in [3.05, 3.63) is 52.2 Å². The molecule has 0 saturated heterocycles. The molecule has 0 unspecified atom stereocenters. The van der Waals surface area contributed by atoms with Gasteiger partial charge in [0.15, 0.2) is 0 Å². The van der Waals surface area contributed by atoms with Crippen molar-refractivity contribution in [3.63, 3.8) is 0 Å². The van der Waals surface area contributed by atoms with E-state index in [4.69, 9.17) is 4.74 Å². The minimum absolute atomic E-state index is 0.647. The van der Waals surface area contributed by atoms with Crippen molar-refractivity contribution in [3.8, 4) is 5.75 Å². The molecule has 0 aliphatic carbocycles. The zero-order valence-electron chi connectivity index (χ0n) is 9.98. The monoisotopic (exact) mass is 247 g/mol. The third kappa shape index (κ3) is 3.88. The smallest absolute Gasteiger partial charge is 0.120 e. The molecule has 1 aromatic heterocycles. The first-order valence-electron chi connectivity index (χ1n) is 5.82. The van der Waals surface area contributed by atoms with Crippen molar-refractivity contribution in [1.29, 1.82) is 0 Å². The second kappa shape index (κ2) is 6.42. The van der Waals surface area contributed by atoms with Gasteiger partial charge in [0.1, 0.15) is 12.4 Å². The molecule has 0 bridgehead atoms. The number of hydrogen-bond donors (Lipinski definition) is 1. The van der Waals surface area contributed by atoms with E-state index in [9.17, 15) is 0 Å². The van der Waals surface area contributed by atoms with E-state index in [1.165, 1.54) is 11.1 Å². The maximum atomic E-state index is 5.75. The van der Waals surface area contributed by atoms with Crippen molar-refractivity contribution >= 4 is 11.3 Å². The molecule has 17 heavy (non-hydrogen) atoms. The molecule has 2 aromatic rings. The molecular formula is C14H17NOS. The number of ether oxygens (including phenoxy) is 1. The Labute approximate surface area is 106 Å². The van der Waals surface area contributed by atoms with Crippen molar-refractivity contribution in [2.24, 2.45) is 0 Å². The van der Waals surface area contributed by atoms with Gasteiger partial charge in [-0.1, -0.05) is 19.1 Å². The van der Waals surface area contributed by atoms with Crippen LogP contribution in [0.3, 0.4) is 0 Å². The highest BCUT2D eigenvalue weighted by Gasteiger charge is 1.98. The average molecular weight is 247 g/mol. The van der Waals surface area contributed by atoms with Crippen LogP contribution in [-0.4, -0.2) is 6.54 Å². The molecule has 2 nitrogen and oxygen atoms in total. The van der Waals surface area contributed by atoms with Gasteiger partial charge in [-0.15, -0.1) is 0 Å². The summed E-state index contributed by atoms with van der Waals surface area (Å²) >= 11 is 1.70. The number of thiophene rings is 1. The van der Waals surface area contributed by atoms with Crippen LogP contribution in [0.15, 0.2) is 41.1 Å². The normalized spacial score (nSPS) is 10.4. The lowest BCUT2D eigenvalue weighted by molar-refractivity contribution is 0.306. The van der Waals surface area contributed by atoms with Gasteiger partial charge in [0.25, 0.3) is 0 Å². The van der Waals surface area contributed by atoms with Crippen LogP contribution in [0.1, 0.15) is 18.1 Å². The van der Waals surface area contributed by atoms with Crippen molar-refractivity contribution in [1.82, 2.24) is 5.32 Å². The maximum absolute atomic E-state index is 5.75. The summed E-state index contributed by atoms with van der Waals surface area (Å²) in [6.07, 6.45) is 0. The largest absolute Gasteiger partial charge is 0.489 e. The third-order valence-electron chi connectivity index (χ3n) is 2.46. The molecule has 1 heterocycles. The van der Waals surface area contributed by atoms with Gasteiger partial charge < -0.3 is 10.1 Å². The fourth-order valence-electron chi connectivity index (χ4n) is 1.56. The third-order valence-corrected chi connectivity index (χ3v) is 3.20. The topological polar surface area (TPSA) is 21.3 Å². The SMILES string of the molecule is CCNCc1cccc(OCc2ccsc2)c1. The summed E-state index contributed by atoms with van der Waals surface area (Å²) in [7, 11) is 0. The second-order valence-electron chi connectivity index (χ2n) is 3.85. The Kier molecular flexibility index (Phi) is 4.59. The van der Waals surface area contributed by atoms with Crippen LogP contribution >= 0.6 is 11.3 Å². The number of hydrogen-bond acceptors (Lipinski definition) is 3. The zero-order chi connectivity index (χ0) is 11.9. The zero-order valence-corrected chi connectivity index (χ0v) is 10.8. The second-order valence-corrected chi connectivity index (χ2v) is 4.63. The van der Waals surface area contributed by atoms with Gasteiger partial charge in [0.2, 0.25) is 0 Å². The van der Waals surface area contributed by atoms with E-state index >= 15 is 0 Å². The lowest BCUT2D eigenvalue weighted by Crippen LogP contribution is -2.11. The highest BCUT2D eigenvalue weighted by atomic mass is 32.1. The van der Waals surface area contributed by atoms with Gasteiger partial charge in [-0.3, -0.25) is 0 Å². The van der Waals surface area contributed by atoms with Crippen molar-refractivity contribution in [2.75, 3.05) is 6.54 Å². The molecule has 0 radical (unpaired) electrons. The highest BCUT2D eigenvalue weighted by molar-refractivity contribution is 7.07. The van der Waals surface area contributed by atoms with E-state index in [2.05, 4.69) is 41.2 Å². The molecule has 0 amide bonds. The Balaban J connectivity index is 1.91. The fraction of sp³-hybridized carbons (Fsp3) is 0.286. The van der Waals surface area contributed by atoms with E-state index in [1.807, 2.05) is 12.1 Å². The molecule has 0 atom stereocenters. The molecule has 3 heteroatoms. The van der Waals surface area contributed by atoms with Gasteiger partial charge in [0.05, 0.1) is 0 Å². The molecule has 0 aliphatic heterocycles. The molecule has 0 fully saturated rings. The van der Waals surface area contributed by atoms with E-state index in [0.717, 1.165) is 18.8 Å². The number of nitrogens with one attached hydrogen (secondary N) is 1. The number of rotatable bonds is 6. The molecule has 2 rings (SSSR count). The average Bonchev–Trinajstić information content (AvgIpc) is 2.87. The van der Waals surface area contributed by atoms with Crippen LogP contribution in [0, 0.1) is 0 Å². The lowest BCUT2D eigenvalue weighted by Gasteiger charge is -2.07. The molecule has 0 aliphatic rings. The summed E-state index contributed by atoms with van der Waals surface area (Å²) in [5.41, 5.74) is 2.49. The Morgan fingerprint density at radius 1 is 1.24 bits per heavy atom. The minimum atomic E-state index is 0.647. The summed E-state index contributed by atoms with van der Waals surface area (Å²) in [4.78, 5) is 0. The Morgan fingerprint density at radius 2 is 2.18 bits per heavy atom. The van der Waals surface area contributed by atoms with Crippen LogP contribution in [0.2, 0.25) is 0 Å². The summed E-state index contributed by atoms with van der Waals surface area (Å²) < 4.78 is 5.75. The molecule has 1 aromatic carbocycles. The first kappa shape index (κ1) is 12.1. The van der Waals surface area contributed by atoms with E-state index < -0.39 is 0 Å². The first-order chi connectivity index (χ1) is 8.38. The standard InChI is InChI=1S/C14H17NOS/c1-2-15-9-12-4-3-5-14(8-12)16-10-13-6-7-17-11-13/h3-8,11,15H,2,9-10H2,1H3. The molecule has 1 N–H and O–H groups in total. The quantitative estimate of drug-likeness (QED) is 0.844. The molecule has 90 valence electrons. The van der Waals surface area contributed by atoms with Crippen LogP contribution < -0.4 is 10.1 Å². The van der Waals surface area contributed by atoms with E-state index in [0.29, 0.717) is 6.61 Å². The van der Waals surface area contributed by atoms with Gasteiger partial charge in [-0.05, 0) is 46.6 Å². The van der Waals surface area contributed by atoms with Crippen molar-refractivity contribution < 1.29 is 4.74 Å². The summed E-state index contributed by atoms with van der Waals surface area (Å²) in [5.74, 6) is 0.937. The Morgan fingerprint density at radius 3 is 2.94 bits per heavy atom. The Hall–Kier alpha value is -1.32. The Bertz CT molecular complexity index is 439. The molecule has 0 saturated carbocycles. The van der Waals surface area contributed by atoms with E-state index in [-0.39, 0.29) is 0 Å². The summed E-state index contributed by atoms with van der Waals surface area (Å²) in [6.45, 7) is 4.64.